The summed E-state index contributed by atoms with van der Waals surface area (Å²) in [5.41, 5.74) is -0.704. The van der Waals surface area contributed by atoms with Crippen molar-refractivity contribution in [3.8, 4) is 0 Å². The molecule has 0 aliphatic carbocycles. The molecule has 1 unspecified atom stereocenters. The Kier molecular flexibility index (Phi) is 6.46. The highest BCUT2D eigenvalue weighted by Gasteiger charge is 2.22. The van der Waals surface area contributed by atoms with Crippen LogP contribution in [0.1, 0.15) is 52.4 Å². The number of aliphatic hydroxyl groups is 1. The van der Waals surface area contributed by atoms with Gasteiger partial charge in [0.2, 0.25) is 11.8 Å². The van der Waals surface area contributed by atoms with Crippen molar-refractivity contribution in [2.24, 2.45) is 5.92 Å². The van der Waals surface area contributed by atoms with Crippen LogP contribution in [0.3, 0.4) is 0 Å². The first kappa shape index (κ1) is 17.0. The minimum Gasteiger partial charge on any atom is -0.390 e. The Balaban J connectivity index is 2.61. The van der Waals surface area contributed by atoms with Gasteiger partial charge in [0.25, 0.3) is 0 Å². The molecule has 0 bridgehead atoms. The molecule has 5 nitrogen and oxygen atoms in total. The fourth-order valence-corrected chi connectivity index (χ4v) is 2.52. The molecular formula is C15H28N2O3. The fraction of sp³-hybridized carbons (Fsp3) is 0.867. The van der Waals surface area contributed by atoms with Crippen molar-refractivity contribution in [2.75, 3.05) is 20.1 Å². The summed E-state index contributed by atoms with van der Waals surface area (Å²) in [5.74, 6) is -0.0339. The average Bonchev–Trinajstić information content (AvgIpc) is 2.36. The van der Waals surface area contributed by atoms with Crippen LogP contribution in [0.15, 0.2) is 0 Å². The van der Waals surface area contributed by atoms with Gasteiger partial charge in [-0.15, -0.1) is 0 Å². The highest BCUT2D eigenvalue weighted by molar-refractivity contribution is 5.80. The molecule has 1 heterocycles. The van der Waals surface area contributed by atoms with Crippen molar-refractivity contribution in [3.63, 3.8) is 0 Å². The molecule has 1 aliphatic heterocycles. The molecule has 0 spiro atoms. The Morgan fingerprint density at radius 3 is 2.65 bits per heavy atom. The van der Waals surface area contributed by atoms with Crippen LogP contribution in [0.2, 0.25) is 0 Å². The summed E-state index contributed by atoms with van der Waals surface area (Å²) < 4.78 is 0. The predicted octanol–water partition coefficient (Wildman–Crippen LogP) is 1.30. The maximum Gasteiger partial charge on any atom is 0.224 e. The van der Waals surface area contributed by atoms with Crippen LogP contribution in [0, 0.1) is 5.92 Å². The first-order valence-corrected chi connectivity index (χ1v) is 7.56. The third-order valence-electron chi connectivity index (χ3n) is 4.07. The summed E-state index contributed by atoms with van der Waals surface area (Å²) in [7, 11) is 1.77. The molecule has 2 N–H and O–H groups in total. The quantitative estimate of drug-likeness (QED) is 0.704. The number of nitrogens with zero attached hydrogens (tertiary/aromatic N) is 1. The third-order valence-corrected chi connectivity index (χ3v) is 4.07. The van der Waals surface area contributed by atoms with Gasteiger partial charge in [-0.25, -0.2) is 0 Å². The number of amides is 2. The number of carbonyl (C=O) groups excluding carboxylic acids is 2. The third kappa shape index (κ3) is 5.90. The van der Waals surface area contributed by atoms with Crippen LogP contribution in [-0.2, 0) is 9.59 Å². The minimum atomic E-state index is -0.704. The molecule has 116 valence electrons. The zero-order chi connectivity index (χ0) is 15.2. The van der Waals surface area contributed by atoms with Crippen LogP contribution in [-0.4, -0.2) is 47.6 Å². The van der Waals surface area contributed by atoms with Gasteiger partial charge in [-0.1, -0.05) is 6.92 Å². The van der Waals surface area contributed by atoms with E-state index in [9.17, 15) is 14.7 Å². The zero-order valence-electron chi connectivity index (χ0n) is 12.9. The molecule has 1 fully saturated rings. The summed E-state index contributed by atoms with van der Waals surface area (Å²) in [4.78, 5) is 25.4. The van der Waals surface area contributed by atoms with Crippen molar-refractivity contribution >= 4 is 11.8 Å². The molecule has 0 aromatic carbocycles. The molecule has 0 aromatic rings. The largest absolute Gasteiger partial charge is 0.390 e. The van der Waals surface area contributed by atoms with E-state index in [0.29, 0.717) is 32.4 Å². The molecule has 0 saturated carbocycles. The summed E-state index contributed by atoms with van der Waals surface area (Å²) >= 11 is 0. The second-order valence-corrected chi connectivity index (χ2v) is 6.25. The van der Waals surface area contributed by atoms with Crippen LogP contribution < -0.4 is 5.32 Å². The Hall–Kier alpha value is -1.10. The Bertz CT molecular complexity index is 312. The standard InChI is InChI=1S/C15H28N2O3/c1-12-6-4-8-15(2,20)9-5-11-17(3)13(18)7-10-16-14(12)19/h12,20H,4-11H2,1-3H3,(H,16,19)/t12?,15-/m0/s1. The average molecular weight is 284 g/mol. The number of hydrogen-bond donors (Lipinski definition) is 2. The molecule has 1 aliphatic rings. The molecule has 5 heteroatoms. The number of hydrogen-bond acceptors (Lipinski definition) is 3. The number of carbonyl (C=O) groups is 2. The molecule has 2 amide bonds. The fourth-order valence-electron chi connectivity index (χ4n) is 2.52. The van der Waals surface area contributed by atoms with E-state index in [0.717, 1.165) is 19.3 Å². The van der Waals surface area contributed by atoms with E-state index < -0.39 is 5.60 Å². The molecule has 2 atom stereocenters. The molecule has 0 radical (unpaired) electrons. The highest BCUT2D eigenvalue weighted by atomic mass is 16.3. The van der Waals surface area contributed by atoms with Crippen molar-refractivity contribution in [2.45, 2.75) is 58.0 Å². The van der Waals surface area contributed by atoms with Gasteiger partial charge in [-0.3, -0.25) is 9.59 Å². The van der Waals surface area contributed by atoms with E-state index in [1.165, 1.54) is 0 Å². The lowest BCUT2D eigenvalue weighted by molar-refractivity contribution is -0.130. The van der Waals surface area contributed by atoms with Crippen LogP contribution in [0.5, 0.6) is 0 Å². The van der Waals surface area contributed by atoms with E-state index in [-0.39, 0.29) is 17.7 Å². The smallest absolute Gasteiger partial charge is 0.224 e. The topological polar surface area (TPSA) is 69.6 Å². The van der Waals surface area contributed by atoms with Crippen molar-refractivity contribution in [1.82, 2.24) is 10.2 Å². The lowest BCUT2D eigenvalue weighted by atomic mass is 9.91. The maximum absolute atomic E-state index is 11.8. The van der Waals surface area contributed by atoms with E-state index in [4.69, 9.17) is 0 Å². The molecule has 20 heavy (non-hydrogen) atoms. The van der Waals surface area contributed by atoms with Gasteiger partial charge >= 0.3 is 0 Å². The second kappa shape index (κ2) is 7.62. The zero-order valence-corrected chi connectivity index (χ0v) is 12.9. The second-order valence-electron chi connectivity index (χ2n) is 6.25. The van der Waals surface area contributed by atoms with Gasteiger partial charge < -0.3 is 15.3 Å². The molecule has 0 aromatic heterocycles. The van der Waals surface area contributed by atoms with Crippen LogP contribution >= 0.6 is 0 Å². The highest BCUT2D eigenvalue weighted by Crippen LogP contribution is 2.22. The minimum absolute atomic E-state index is 0.00263. The lowest BCUT2D eigenvalue weighted by Gasteiger charge is -2.26. The van der Waals surface area contributed by atoms with Gasteiger partial charge in [-0.05, 0) is 39.0 Å². The summed E-state index contributed by atoms with van der Waals surface area (Å²) in [6, 6.07) is 0. The Morgan fingerprint density at radius 2 is 1.95 bits per heavy atom. The van der Waals surface area contributed by atoms with Crippen molar-refractivity contribution in [3.05, 3.63) is 0 Å². The van der Waals surface area contributed by atoms with Crippen LogP contribution in [0.4, 0.5) is 0 Å². The van der Waals surface area contributed by atoms with Gasteiger partial charge in [0.05, 0.1) is 5.60 Å². The molecule has 1 rings (SSSR count). The van der Waals surface area contributed by atoms with Gasteiger partial charge in [0.15, 0.2) is 0 Å². The van der Waals surface area contributed by atoms with Crippen molar-refractivity contribution in [1.29, 1.82) is 0 Å². The van der Waals surface area contributed by atoms with Gasteiger partial charge in [0, 0.05) is 32.5 Å². The van der Waals surface area contributed by atoms with Gasteiger partial charge in [0.1, 0.15) is 0 Å². The lowest BCUT2D eigenvalue weighted by Crippen LogP contribution is -2.36. The predicted molar refractivity (Wildman–Crippen MR) is 78.1 cm³/mol. The molecule has 1 saturated heterocycles. The van der Waals surface area contributed by atoms with Crippen molar-refractivity contribution < 1.29 is 14.7 Å². The summed E-state index contributed by atoms with van der Waals surface area (Å²) in [6.45, 7) is 4.79. The number of rotatable bonds is 0. The Morgan fingerprint density at radius 1 is 1.30 bits per heavy atom. The van der Waals surface area contributed by atoms with E-state index in [1.807, 2.05) is 13.8 Å². The monoisotopic (exact) mass is 284 g/mol. The normalized spacial score (nSPS) is 31.6. The van der Waals surface area contributed by atoms with Crippen LogP contribution in [0.25, 0.3) is 0 Å². The summed E-state index contributed by atoms with van der Waals surface area (Å²) in [6.07, 6.45) is 4.14. The maximum atomic E-state index is 11.8. The first-order valence-electron chi connectivity index (χ1n) is 7.56. The van der Waals surface area contributed by atoms with E-state index >= 15 is 0 Å². The number of nitrogens with one attached hydrogen (secondary N) is 1. The summed E-state index contributed by atoms with van der Waals surface area (Å²) in [5, 5.41) is 13.1. The van der Waals surface area contributed by atoms with E-state index in [1.54, 1.807) is 11.9 Å². The van der Waals surface area contributed by atoms with Gasteiger partial charge in [-0.2, -0.15) is 0 Å². The SMILES string of the molecule is CC1CCC[C@](C)(O)CCCN(C)C(=O)CCNC1=O. The Labute approximate surface area is 121 Å². The van der Waals surface area contributed by atoms with E-state index in [2.05, 4.69) is 5.32 Å². The molecular weight excluding hydrogens is 256 g/mol. The first-order chi connectivity index (χ1) is 9.32.